The SMILES string of the molecule is CN1CCC(Cn2ccc3cc(Cl)nnc32)CC1. The van der Waals surface area contributed by atoms with E-state index in [1.54, 1.807) is 0 Å². The van der Waals surface area contributed by atoms with Gasteiger partial charge in [-0.15, -0.1) is 10.2 Å². The van der Waals surface area contributed by atoms with Crippen molar-refractivity contribution in [1.29, 1.82) is 0 Å². The molecule has 0 unspecified atom stereocenters. The average Bonchev–Trinajstić information content (AvgIpc) is 2.74. The highest BCUT2D eigenvalue weighted by Crippen LogP contribution is 2.21. The van der Waals surface area contributed by atoms with Crippen LogP contribution in [0.1, 0.15) is 12.8 Å². The molecule has 0 N–H and O–H groups in total. The fourth-order valence-corrected chi connectivity index (χ4v) is 2.79. The van der Waals surface area contributed by atoms with E-state index in [0.717, 1.165) is 23.5 Å². The first-order chi connectivity index (χ1) is 8.72. The maximum Gasteiger partial charge on any atom is 0.162 e. The summed E-state index contributed by atoms with van der Waals surface area (Å²) in [6.07, 6.45) is 4.61. The topological polar surface area (TPSA) is 34.0 Å². The molecule has 3 heterocycles. The standard InChI is InChI=1S/C13H17ClN4/c1-17-5-2-10(3-6-17)9-18-7-4-11-8-12(14)15-16-13(11)18/h4,7-8,10H,2-3,5-6,9H2,1H3. The summed E-state index contributed by atoms with van der Waals surface area (Å²) in [6.45, 7) is 3.43. The van der Waals surface area contributed by atoms with E-state index in [9.17, 15) is 0 Å². The molecule has 3 rings (SSSR count). The predicted octanol–water partition coefficient (Wildman–Crippen LogP) is 2.43. The van der Waals surface area contributed by atoms with Crippen molar-refractivity contribution in [1.82, 2.24) is 19.7 Å². The quantitative estimate of drug-likeness (QED) is 0.835. The number of hydrogen-bond donors (Lipinski definition) is 0. The Morgan fingerprint density at radius 3 is 2.89 bits per heavy atom. The average molecular weight is 265 g/mol. The van der Waals surface area contributed by atoms with Crippen LogP contribution in [-0.2, 0) is 6.54 Å². The zero-order valence-corrected chi connectivity index (χ0v) is 11.3. The Morgan fingerprint density at radius 1 is 1.33 bits per heavy atom. The molecule has 1 saturated heterocycles. The van der Waals surface area contributed by atoms with E-state index >= 15 is 0 Å². The first kappa shape index (κ1) is 11.9. The van der Waals surface area contributed by atoms with Crippen molar-refractivity contribution < 1.29 is 0 Å². The Hall–Kier alpha value is -1.13. The molecular weight excluding hydrogens is 248 g/mol. The highest BCUT2D eigenvalue weighted by atomic mass is 35.5. The van der Waals surface area contributed by atoms with Crippen LogP contribution in [0.5, 0.6) is 0 Å². The first-order valence-electron chi connectivity index (χ1n) is 6.39. The van der Waals surface area contributed by atoms with Crippen molar-refractivity contribution >= 4 is 22.6 Å². The van der Waals surface area contributed by atoms with E-state index in [0.29, 0.717) is 5.15 Å². The molecule has 0 spiro atoms. The third kappa shape index (κ3) is 2.35. The number of aromatic nitrogens is 3. The zero-order valence-electron chi connectivity index (χ0n) is 10.5. The molecule has 5 heteroatoms. The summed E-state index contributed by atoms with van der Waals surface area (Å²) in [6, 6.07) is 3.93. The molecule has 0 aliphatic carbocycles. The highest BCUT2D eigenvalue weighted by Gasteiger charge is 2.17. The second-order valence-electron chi connectivity index (χ2n) is 5.16. The van der Waals surface area contributed by atoms with E-state index < -0.39 is 0 Å². The fraction of sp³-hybridized carbons (Fsp3) is 0.538. The Balaban J connectivity index is 1.78. The van der Waals surface area contributed by atoms with E-state index in [-0.39, 0.29) is 0 Å². The Labute approximate surface area is 112 Å². The van der Waals surface area contributed by atoms with Crippen molar-refractivity contribution in [3.8, 4) is 0 Å². The van der Waals surface area contributed by atoms with Crippen LogP contribution >= 0.6 is 11.6 Å². The summed E-state index contributed by atoms with van der Waals surface area (Å²) >= 11 is 5.85. The molecule has 0 atom stereocenters. The molecule has 18 heavy (non-hydrogen) atoms. The summed E-state index contributed by atoms with van der Waals surface area (Å²) in [4.78, 5) is 2.39. The highest BCUT2D eigenvalue weighted by molar-refractivity contribution is 6.29. The maximum atomic E-state index is 5.85. The van der Waals surface area contributed by atoms with Crippen LogP contribution in [-0.4, -0.2) is 39.8 Å². The molecule has 0 radical (unpaired) electrons. The Morgan fingerprint density at radius 2 is 2.11 bits per heavy atom. The van der Waals surface area contributed by atoms with Gasteiger partial charge in [0.05, 0.1) is 0 Å². The van der Waals surface area contributed by atoms with Gasteiger partial charge in [-0.25, -0.2) is 0 Å². The van der Waals surface area contributed by atoms with Gasteiger partial charge in [0, 0.05) is 18.1 Å². The normalized spacial score (nSPS) is 18.6. The molecule has 0 saturated carbocycles. The van der Waals surface area contributed by atoms with Crippen LogP contribution in [0.3, 0.4) is 0 Å². The fourth-order valence-electron chi connectivity index (χ4n) is 2.63. The minimum atomic E-state index is 0.458. The van der Waals surface area contributed by atoms with Gasteiger partial charge >= 0.3 is 0 Å². The van der Waals surface area contributed by atoms with Gasteiger partial charge in [0.1, 0.15) is 0 Å². The summed E-state index contributed by atoms with van der Waals surface area (Å²) in [5.41, 5.74) is 0.943. The van der Waals surface area contributed by atoms with Crippen LogP contribution in [0, 0.1) is 5.92 Å². The Bertz CT molecular complexity index is 543. The minimum Gasteiger partial charge on any atom is -0.331 e. The zero-order chi connectivity index (χ0) is 12.5. The van der Waals surface area contributed by atoms with Crippen molar-refractivity contribution in [3.05, 3.63) is 23.5 Å². The number of likely N-dealkylation sites (tertiary alicyclic amines) is 1. The molecule has 1 aliphatic rings. The van der Waals surface area contributed by atoms with Gasteiger partial charge in [0.15, 0.2) is 10.8 Å². The molecule has 1 fully saturated rings. The number of fused-ring (bicyclic) bond motifs is 1. The van der Waals surface area contributed by atoms with Crippen LogP contribution in [0.25, 0.3) is 11.0 Å². The number of halogens is 1. The molecule has 0 amide bonds. The van der Waals surface area contributed by atoms with Gasteiger partial charge in [-0.1, -0.05) is 11.6 Å². The number of hydrogen-bond acceptors (Lipinski definition) is 3. The molecule has 96 valence electrons. The van der Waals surface area contributed by atoms with Crippen LogP contribution in [0.4, 0.5) is 0 Å². The van der Waals surface area contributed by atoms with Crippen molar-refractivity contribution in [2.24, 2.45) is 5.92 Å². The first-order valence-corrected chi connectivity index (χ1v) is 6.77. The van der Waals surface area contributed by atoms with Gasteiger partial charge in [-0.3, -0.25) is 0 Å². The molecule has 1 aliphatic heterocycles. The van der Waals surface area contributed by atoms with Gasteiger partial charge in [0.25, 0.3) is 0 Å². The molecule has 2 aromatic rings. The minimum absolute atomic E-state index is 0.458. The second kappa shape index (κ2) is 4.86. The van der Waals surface area contributed by atoms with E-state index in [4.69, 9.17) is 11.6 Å². The number of nitrogens with zero attached hydrogens (tertiary/aromatic N) is 4. The lowest BCUT2D eigenvalue weighted by Crippen LogP contribution is -2.31. The summed E-state index contributed by atoms with van der Waals surface area (Å²) in [5.74, 6) is 0.745. The maximum absolute atomic E-state index is 5.85. The third-order valence-electron chi connectivity index (χ3n) is 3.77. The van der Waals surface area contributed by atoms with Crippen molar-refractivity contribution in [3.63, 3.8) is 0 Å². The van der Waals surface area contributed by atoms with Gasteiger partial charge < -0.3 is 9.47 Å². The number of piperidine rings is 1. The van der Waals surface area contributed by atoms with E-state index in [1.807, 2.05) is 6.07 Å². The lowest BCUT2D eigenvalue weighted by molar-refractivity contribution is 0.206. The van der Waals surface area contributed by atoms with E-state index in [2.05, 4.69) is 39.0 Å². The number of rotatable bonds is 2. The molecular formula is C13H17ClN4. The summed E-state index contributed by atoms with van der Waals surface area (Å²) < 4.78 is 2.20. The van der Waals surface area contributed by atoms with E-state index in [1.165, 1.54) is 25.9 Å². The van der Waals surface area contributed by atoms with Crippen LogP contribution < -0.4 is 0 Å². The van der Waals surface area contributed by atoms with Gasteiger partial charge in [0.2, 0.25) is 0 Å². The molecule has 0 aromatic carbocycles. The predicted molar refractivity (Wildman–Crippen MR) is 72.8 cm³/mol. The largest absolute Gasteiger partial charge is 0.331 e. The summed E-state index contributed by atoms with van der Waals surface area (Å²) in [7, 11) is 2.19. The molecule has 4 nitrogen and oxygen atoms in total. The summed E-state index contributed by atoms with van der Waals surface area (Å²) in [5, 5.41) is 9.65. The van der Waals surface area contributed by atoms with Crippen molar-refractivity contribution in [2.75, 3.05) is 20.1 Å². The van der Waals surface area contributed by atoms with Crippen LogP contribution in [0.2, 0.25) is 5.15 Å². The van der Waals surface area contributed by atoms with Crippen molar-refractivity contribution in [2.45, 2.75) is 19.4 Å². The van der Waals surface area contributed by atoms with Gasteiger partial charge in [-0.05, 0) is 51.0 Å². The smallest absolute Gasteiger partial charge is 0.162 e. The lowest BCUT2D eigenvalue weighted by Gasteiger charge is -2.29. The Kier molecular flexibility index (Phi) is 3.22. The van der Waals surface area contributed by atoms with Gasteiger partial charge in [-0.2, -0.15) is 0 Å². The third-order valence-corrected chi connectivity index (χ3v) is 3.96. The lowest BCUT2D eigenvalue weighted by atomic mass is 9.97. The monoisotopic (exact) mass is 264 g/mol. The van der Waals surface area contributed by atoms with Crippen LogP contribution in [0.15, 0.2) is 18.3 Å². The molecule has 2 aromatic heterocycles. The second-order valence-corrected chi connectivity index (χ2v) is 5.55. The molecule has 0 bridgehead atoms.